The minimum absolute atomic E-state index is 0.0191. The fraction of sp³-hybridized carbons (Fsp3) is 0.429. The first-order chi connectivity index (χ1) is 11.3. The lowest BCUT2D eigenvalue weighted by Gasteiger charge is -2.39. The smallest absolute Gasteiger partial charge is 0.230 e. The predicted octanol–water partition coefficient (Wildman–Crippen LogP) is 0.762. The van der Waals surface area contributed by atoms with Crippen LogP contribution in [-0.4, -0.2) is 62.7 Å². The van der Waals surface area contributed by atoms with E-state index in [-0.39, 0.29) is 11.9 Å². The summed E-state index contributed by atoms with van der Waals surface area (Å²) in [6.07, 6.45) is -7.06. The lowest BCUT2D eigenvalue weighted by molar-refractivity contribution is -0.278. The summed E-state index contributed by atoms with van der Waals surface area (Å²) in [5.41, 5.74) is 0.549. The van der Waals surface area contributed by atoms with Gasteiger partial charge < -0.3 is 34.9 Å². The van der Waals surface area contributed by atoms with Crippen molar-refractivity contribution in [2.75, 3.05) is 6.61 Å². The normalized spacial score (nSPS) is 32.1. The first-order valence-corrected chi connectivity index (χ1v) is 7.95. The highest BCUT2D eigenvalue weighted by Gasteiger charge is 2.44. The van der Waals surface area contributed by atoms with E-state index in [1.54, 1.807) is 12.1 Å². The van der Waals surface area contributed by atoms with E-state index in [0.29, 0.717) is 20.4 Å². The minimum Gasteiger partial charge on any atom is -0.447 e. The van der Waals surface area contributed by atoms with Gasteiger partial charge in [-0.1, -0.05) is 11.6 Å². The molecule has 1 aromatic heterocycles. The molecule has 1 saturated heterocycles. The monoisotopic (exact) mass is 408 g/mol. The summed E-state index contributed by atoms with van der Waals surface area (Å²) in [5, 5.41) is 39.5. The van der Waals surface area contributed by atoms with Crippen LogP contribution in [0.1, 0.15) is 1.37 Å². The molecular formula is C14H15BrClNO6. The third kappa shape index (κ3) is 3.08. The molecule has 1 aromatic carbocycles. The molecule has 0 radical (unpaired) electrons. The van der Waals surface area contributed by atoms with Gasteiger partial charge in [0.05, 0.1) is 13.0 Å². The van der Waals surface area contributed by atoms with Gasteiger partial charge in [0, 0.05) is 21.4 Å². The zero-order valence-corrected chi connectivity index (χ0v) is 14.0. The molecule has 0 spiro atoms. The first kappa shape index (κ1) is 15.6. The maximum atomic E-state index is 10.00. The SMILES string of the molecule is [2H]c1c(OC2O[C@H](CO)[C@H](O)[C@H](O)[C@H]2O)[nH]c2ccc(Br)c(Cl)c12. The molecule has 1 unspecified atom stereocenters. The molecule has 1 fully saturated rings. The van der Waals surface area contributed by atoms with Gasteiger partial charge in [0.1, 0.15) is 24.4 Å². The number of nitrogens with one attached hydrogen (secondary N) is 1. The second-order valence-electron chi connectivity index (χ2n) is 5.18. The van der Waals surface area contributed by atoms with E-state index in [9.17, 15) is 20.4 Å². The Kier molecular flexibility index (Phi) is 4.46. The Morgan fingerprint density at radius 1 is 1.30 bits per heavy atom. The van der Waals surface area contributed by atoms with Crippen LogP contribution in [0.4, 0.5) is 0 Å². The van der Waals surface area contributed by atoms with Crippen LogP contribution in [0, 0.1) is 0 Å². The highest BCUT2D eigenvalue weighted by molar-refractivity contribution is 9.10. The highest BCUT2D eigenvalue weighted by atomic mass is 79.9. The summed E-state index contributed by atoms with van der Waals surface area (Å²) in [4.78, 5) is 2.85. The predicted molar refractivity (Wildman–Crippen MR) is 85.4 cm³/mol. The van der Waals surface area contributed by atoms with Gasteiger partial charge >= 0.3 is 0 Å². The van der Waals surface area contributed by atoms with E-state index in [0.717, 1.165) is 0 Å². The van der Waals surface area contributed by atoms with Crippen molar-refractivity contribution in [1.82, 2.24) is 4.98 Å². The fourth-order valence-electron chi connectivity index (χ4n) is 2.38. The Hall–Kier alpha value is -0.870. The summed E-state index contributed by atoms with van der Waals surface area (Å²) in [6, 6.07) is 3.36. The molecule has 0 amide bonds. The van der Waals surface area contributed by atoms with E-state index >= 15 is 0 Å². The van der Waals surface area contributed by atoms with Crippen LogP contribution >= 0.6 is 27.5 Å². The Morgan fingerprint density at radius 2 is 2.04 bits per heavy atom. The summed E-state index contributed by atoms with van der Waals surface area (Å²) in [7, 11) is 0. The Morgan fingerprint density at radius 3 is 2.74 bits per heavy atom. The first-order valence-electron chi connectivity index (χ1n) is 7.28. The van der Waals surface area contributed by atoms with E-state index in [1.807, 2.05) is 0 Å². The molecule has 5 atom stereocenters. The second-order valence-corrected chi connectivity index (χ2v) is 6.41. The largest absolute Gasteiger partial charge is 0.447 e. The van der Waals surface area contributed by atoms with Crippen molar-refractivity contribution in [2.45, 2.75) is 30.7 Å². The number of fused-ring (bicyclic) bond motifs is 1. The van der Waals surface area contributed by atoms with Crippen molar-refractivity contribution in [1.29, 1.82) is 0 Å². The Labute approximate surface area is 145 Å². The van der Waals surface area contributed by atoms with Crippen molar-refractivity contribution >= 4 is 38.4 Å². The van der Waals surface area contributed by atoms with Crippen molar-refractivity contribution in [3.8, 4) is 5.88 Å². The lowest BCUT2D eigenvalue weighted by atomic mass is 9.99. The number of aromatic nitrogens is 1. The summed E-state index contributed by atoms with van der Waals surface area (Å²) in [5.74, 6) is -0.0191. The van der Waals surface area contributed by atoms with Crippen molar-refractivity contribution in [2.24, 2.45) is 0 Å². The zero-order chi connectivity index (χ0) is 17.6. The molecule has 7 nitrogen and oxygen atoms in total. The van der Waals surface area contributed by atoms with E-state index in [2.05, 4.69) is 20.9 Å². The zero-order valence-electron chi connectivity index (χ0n) is 12.6. The minimum atomic E-state index is -1.56. The third-order valence-electron chi connectivity index (χ3n) is 3.66. The van der Waals surface area contributed by atoms with Crippen LogP contribution in [0.2, 0.25) is 5.02 Å². The maximum absolute atomic E-state index is 10.00. The van der Waals surface area contributed by atoms with Crippen LogP contribution in [0.15, 0.2) is 22.6 Å². The van der Waals surface area contributed by atoms with Crippen LogP contribution in [-0.2, 0) is 4.74 Å². The van der Waals surface area contributed by atoms with Crippen LogP contribution in [0.5, 0.6) is 5.88 Å². The number of hydrogen-bond acceptors (Lipinski definition) is 6. The molecular weight excluding hydrogens is 394 g/mol. The van der Waals surface area contributed by atoms with Gasteiger partial charge in [-0.3, -0.25) is 0 Å². The van der Waals surface area contributed by atoms with E-state index in [1.165, 1.54) is 0 Å². The van der Waals surface area contributed by atoms with Gasteiger partial charge in [-0.2, -0.15) is 0 Å². The summed E-state index contributed by atoms with van der Waals surface area (Å²) in [6.45, 7) is -0.565. The van der Waals surface area contributed by atoms with Crippen LogP contribution < -0.4 is 4.74 Å². The van der Waals surface area contributed by atoms with E-state index in [4.69, 9.17) is 22.4 Å². The fourth-order valence-corrected chi connectivity index (χ4v) is 2.93. The number of ether oxygens (including phenoxy) is 2. The molecule has 0 bridgehead atoms. The molecule has 1 aliphatic heterocycles. The maximum Gasteiger partial charge on any atom is 0.230 e. The molecule has 0 aliphatic carbocycles. The summed E-state index contributed by atoms with van der Waals surface area (Å²) >= 11 is 9.45. The number of rotatable bonds is 3. The molecule has 5 N–H and O–H groups in total. The number of halogens is 2. The number of aliphatic hydroxyl groups is 4. The topological polar surface area (TPSA) is 115 Å². The van der Waals surface area contributed by atoms with Crippen molar-refractivity contribution < 1.29 is 31.3 Å². The number of H-pyrrole nitrogens is 1. The number of aliphatic hydroxyl groups excluding tert-OH is 4. The van der Waals surface area contributed by atoms with Crippen molar-refractivity contribution in [3.63, 3.8) is 0 Å². The van der Waals surface area contributed by atoms with Crippen LogP contribution in [0.3, 0.4) is 0 Å². The standard InChI is InChI=1S/C14H15BrClNO6/c15-6-1-2-7-5(10(6)16)3-9(17-7)23-14-13(21)12(20)11(19)8(4-18)22-14/h1-3,8,11-14,17-21H,4H2/t8-,11+,12+,13-,14?/m1/s1/i3D. The van der Waals surface area contributed by atoms with Gasteiger partial charge in [-0.05, 0) is 28.1 Å². The molecule has 126 valence electrons. The van der Waals surface area contributed by atoms with Gasteiger partial charge in [0.25, 0.3) is 0 Å². The molecule has 2 aromatic rings. The van der Waals surface area contributed by atoms with Gasteiger partial charge in [-0.25, -0.2) is 0 Å². The van der Waals surface area contributed by atoms with Crippen molar-refractivity contribution in [3.05, 3.63) is 27.7 Å². The lowest BCUT2D eigenvalue weighted by Crippen LogP contribution is -2.60. The molecule has 1 aliphatic rings. The molecule has 0 saturated carbocycles. The average molecular weight is 410 g/mol. The third-order valence-corrected chi connectivity index (χ3v) is 4.95. The Balaban J connectivity index is 1.92. The van der Waals surface area contributed by atoms with Gasteiger partial charge in [-0.15, -0.1) is 0 Å². The summed E-state index contributed by atoms with van der Waals surface area (Å²) < 4.78 is 19.5. The number of benzene rings is 1. The van der Waals surface area contributed by atoms with Gasteiger partial charge in [0.15, 0.2) is 5.88 Å². The number of hydrogen-bond donors (Lipinski definition) is 5. The second kappa shape index (κ2) is 6.56. The highest BCUT2D eigenvalue weighted by Crippen LogP contribution is 2.34. The molecule has 2 heterocycles. The van der Waals surface area contributed by atoms with Gasteiger partial charge in [0.2, 0.25) is 6.29 Å². The Bertz CT molecular complexity index is 756. The quantitative estimate of drug-likeness (QED) is 0.511. The van der Waals surface area contributed by atoms with Crippen LogP contribution in [0.25, 0.3) is 10.9 Å². The molecule has 23 heavy (non-hydrogen) atoms. The number of aromatic amines is 1. The molecule has 9 heteroatoms. The molecule has 3 rings (SSSR count). The van der Waals surface area contributed by atoms with E-state index < -0.39 is 37.3 Å². The average Bonchev–Trinajstić information content (AvgIpc) is 2.88.